The third-order valence-electron chi connectivity index (χ3n) is 4.17. The quantitative estimate of drug-likeness (QED) is 0.258. The van der Waals surface area contributed by atoms with Crippen LogP contribution >= 0.6 is 24.0 Å². The van der Waals surface area contributed by atoms with E-state index in [0.717, 1.165) is 29.1 Å². The molecule has 1 aromatic heterocycles. The third-order valence-corrected chi connectivity index (χ3v) is 4.17. The van der Waals surface area contributed by atoms with Crippen molar-refractivity contribution in [3.05, 3.63) is 95.6 Å². The summed E-state index contributed by atoms with van der Waals surface area (Å²) in [7, 11) is 0. The number of hydrogen-bond donors (Lipinski definition) is 2. The molecule has 7 heteroatoms. The van der Waals surface area contributed by atoms with E-state index >= 15 is 0 Å². The largest absolute Gasteiger partial charge is 0.487 e. The first kappa shape index (κ1) is 23.6. The second kappa shape index (κ2) is 12.8. The highest BCUT2D eigenvalue weighted by molar-refractivity contribution is 14.0. The molecule has 0 saturated heterocycles. The summed E-state index contributed by atoms with van der Waals surface area (Å²) in [4.78, 5) is 8.86. The Balaban J connectivity index is 0.00000320. The van der Waals surface area contributed by atoms with E-state index in [4.69, 9.17) is 4.74 Å². The van der Waals surface area contributed by atoms with Gasteiger partial charge in [-0.05, 0) is 54.4 Å². The Morgan fingerprint density at radius 3 is 2.37 bits per heavy atom. The molecule has 5 nitrogen and oxygen atoms in total. The summed E-state index contributed by atoms with van der Waals surface area (Å²) in [5.74, 6) is 1.28. The molecule has 0 aliphatic heterocycles. The van der Waals surface area contributed by atoms with Crippen LogP contribution in [0.4, 0.5) is 4.39 Å². The maximum Gasteiger partial charge on any atom is 0.191 e. The predicted octanol–water partition coefficient (Wildman–Crippen LogP) is 4.67. The van der Waals surface area contributed by atoms with Crippen molar-refractivity contribution < 1.29 is 9.13 Å². The molecule has 158 valence electrons. The van der Waals surface area contributed by atoms with Gasteiger partial charge in [0.2, 0.25) is 0 Å². The zero-order valence-corrected chi connectivity index (χ0v) is 19.2. The van der Waals surface area contributed by atoms with Gasteiger partial charge in [-0.2, -0.15) is 0 Å². The Bertz CT molecular complexity index is 903. The van der Waals surface area contributed by atoms with Crippen molar-refractivity contribution >= 4 is 29.9 Å². The van der Waals surface area contributed by atoms with Crippen LogP contribution in [-0.4, -0.2) is 17.5 Å². The summed E-state index contributed by atoms with van der Waals surface area (Å²) >= 11 is 0. The summed E-state index contributed by atoms with van der Waals surface area (Å²) in [6.45, 7) is 4.33. The molecule has 0 aliphatic carbocycles. The molecule has 0 saturated carbocycles. The number of aliphatic imine (C=N–C) groups is 1. The highest BCUT2D eigenvalue weighted by Crippen LogP contribution is 2.14. The molecule has 0 amide bonds. The average Bonchev–Trinajstić information content (AvgIpc) is 2.77. The fraction of sp³-hybridized carbons (Fsp3) is 0.217. The number of guanidine groups is 1. The van der Waals surface area contributed by atoms with Gasteiger partial charge in [0.05, 0.1) is 12.2 Å². The van der Waals surface area contributed by atoms with Crippen LogP contribution in [0, 0.1) is 5.82 Å². The van der Waals surface area contributed by atoms with Crippen molar-refractivity contribution in [2.24, 2.45) is 4.99 Å². The maximum atomic E-state index is 13.0. The number of rotatable bonds is 8. The van der Waals surface area contributed by atoms with Gasteiger partial charge in [0.15, 0.2) is 5.96 Å². The van der Waals surface area contributed by atoms with Gasteiger partial charge in [0.25, 0.3) is 0 Å². The van der Waals surface area contributed by atoms with E-state index in [2.05, 4.69) is 20.6 Å². The van der Waals surface area contributed by atoms with E-state index in [1.807, 2.05) is 49.4 Å². The molecular weight excluding hydrogens is 494 g/mol. The molecular formula is C23H26FIN4O. The number of nitrogens with one attached hydrogen (secondary N) is 2. The second-order valence-electron chi connectivity index (χ2n) is 6.43. The Hall–Kier alpha value is -2.68. The molecule has 0 spiro atoms. The van der Waals surface area contributed by atoms with Gasteiger partial charge in [-0.15, -0.1) is 24.0 Å². The number of aromatic nitrogens is 1. The molecule has 0 bridgehead atoms. The van der Waals surface area contributed by atoms with E-state index in [0.29, 0.717) is 25.7 Å². The Morgan fingerprint density at radius 1 is 0.967 bits per heavy atom. The van der Waals surface area contributed by atoms with Crippen LogP contribution in [0.3, 0.4) is 0 Å². The molecule has 0 aliphatic rings. The van der Waals surface area contributed by atoms with E-state index in [9.17, 15) is 4.39 Å². The molecule has 2 aromatic carbocycles. The van der Waals surface area contributed by atoms with Crippen molar-refractivity contribution in [3.63, 3.8) is 0 Å². The molecule has 0 atom stereocenters. The Labute approximate surface area is 193 Å². The van der Waals surface area contributed by atoms with Gasteiger partial charge in [-0.25, -0.2) is 9.38 Å². The number of hydrogen-bond acceptors (Lipinski definition) is 3. The lowest BCUT2D eigenvalue weighted by molar-refractivity contribution is 0.301. The monoisotopic (exact) mass is 520 g/mol. The fourth-order valence-electron chi connectivity index (χ4n) is 2.63. The van der Waals surface area contributed by atoms with Crippen LogP contribution in [0.15, 0.2) is 77.9 Å². The van der Waals surface area contributed by atoms with E-state index < -0.39 is 0 Å². The first-order valence-corrected chi connectivity index (χ1v) is 9.61. The molecule has 3 rings (SSSR count). The lowest BCUT2D eigenvalue weighted by atomic mass is 10.2. The first-order valence-electron chi connectivity index (χ1n) is 9.61. The molecule has 3 aromatic rings. The van der Waals surface area contributed by atoms with Gasteiger partial charge in [-0.1, -0.05) is 30.3 Å². The van der Waals surface area contributed by atoms with Gasteiger partial charge in [-0.3, -0.25) is 4.98 Å². The lowest BCUT2D eigenvalue weighted by Gasteiger charge is -2.11. The topological polar surface area (TPSA) is 58.5 Å². The average molecular weight is 520 g/mol. The van der Waals surface area contributed by atoms with Crippen molar-refractivity contribution in [2.45, 2.75) is 26.6 Å². The van der Waals surface area contributed by atoms with E-state index in [1.54, 1.807) is 18.3 Å². The normalized spacial score (nSPS) is 10.8. The van der Waals surface area contributed by atoms with E-state index in [1.165, 1.54) is 12.1 Å². The highest BCUT2D eigenvalue weighted by atomic mass is 127. The smallest absolute Gasteiger partial charge is 0.191 e. The molecule has 2 N–H and O–H groups in total. The summed E-state index contributed by atoms with van der Waals surface area (Å²) in [6, 6.07) is 20.1. The summed E-state index contributed by atoms with van der Waals surface area (Å²) in [5, 5.41) is 6.48. The van der Waals surface area contributed by atoms with Crippen molar-refractivity contribution in [2.75, 3.05) is 6.54 Å². The molecule has 1 heterocycles. The summed E-state index contributed by atoms with van der Waals surface area (Å²) in [5.41, 5.74) is 2.96. The summed E-state index contributed by atoms with van der Waals surface area (Å²) in [6.07, 6.45) is 1.76. The molecule has 0 radical (unpaired) electrons. The second-order valence-corrected chi connectivity index (χ2v) is 6.43. The molecule has 0 unspecified atom stereocenters. The van der Waals surface area contributed by atoms with Crippen molar-refractivity contribution in [3.8, 4) is 5.75 Å². The molecule has 0 fully saturated rings. The Kier molecular flexibility index (Phi) is 10.1. The number of ether oxygens (including phenoxy) is 1. The minimum Gasteiger partial charge on any atom is -0.487 e. The van der Waals surface area contributed by atoms with Gasteiger partial charge in [0, 0.05) is 19.3 Å². The van der Waals surface area contributed by atoms with Crippen molar-refractivity contribution in [1.82, 2.24) is 15.6 Å². The number of pyridine rings is 1. The van der Waals surface area contributed by atoms with Gasteiger partial charge in [0.1, 0.15) is 18.2 Å². The van der Waals surface area contributed by atoms with Gasteiger partial charge >= 0.3 is 0 Å². The number of benzene rings is 2. The minimum absolute atomic E-state index is 0. The predicted molar refractivity (Wildman–Crippen MR) is 128 cm³/mol. The minimum atomic E-state index is -0.234. The maximum absolute atomic E-state index is 13.0. The number of halogens is 2. The van der Waals surface area contributed by atoms with Crippen LogP contribution < -0.4 is 15.4 Å². The lowest BCUT2D eigenvalue weighted by Crippen LogP contribution is -2.36. The highest BCUT2D eigenvalue weighted by Gasteiger charge is 2.01. The standard InChI is InChI=1S/C23H25FN4O.HI/c1-2-25-23(27-15-18-6-10-20(24)11-7-18)28-16-19-8-12-22(13-9-19)29-17-21-5-3-4-14-26-21;/h3-14H,2,15-17H2,1H3,(H2,25,27,28);1H. The van der Waals surface area contributed by atoms with Crippen molar-refractivity contribution in [1.29, 1.82) is 0 Å². The zero-order chi connectivity index (χ0) is 20.3. The van der Waals surface area contributed by atoms with E-state index in [-0.39, 0.29) is 29.8 Å². The van der Waals surface area contributed by atoms with Crippen LogP contribution in [0.25, 0.3) is 0 Å². The Morgan fingerprint density at radius 2 is 1.70 bits per heavy atom. The van der Waals surface area contributed by atoms with Crippen LogP contribution in [-0.2, 0) is 19.7 Å². The first-order chi connectivity index (χ1) is 14.2. The zero-order valence-electron chi connectivity index (χ0n) is 16.8. The third kappa shape index (κ3) is 7.98. The fourth-order valence-corrected chi connectivity index (χ4v) is 2.63. The summed E-state index contributed by atoms with van der Waals surface area (Å²) < 4.78 is 18.8. The van der Waals surface area contributed by atoms with Crippen LogP contribution in [0.2, 0.25) is 0 Å². The molecule has 30 heavy (non-hydrogen) atoms. The SMILES string of the molecule is CCNC(=NCc1ccc(OCc2ccccn2)cc1)NCc1ccc(F)cc1.I. The van der Waals surface area contributed by atoms with Crippen LogP contribution in [0.5, 0.6) is 5.75 Å². The number of nitrogens with zero attached hydrogens (tertiary/aromatic N) is 2. The van der Waals surface area contributed by atoms with Gasteiger partial charge < -0.3 is 15.4 Å². The van der Waals surface area contributed by atoms with Crippen LogP contribution in [0.1, 0.15) is 23.7 Å².